The zero-order valence-electron chi connectivity index (χ0n) is 9.60. The average molecular weight is 184 g/mol. The Morgan fingerprint density at radius 2 is 1.62 bits per heavy atom. The quantitative estimate of drug-likeness (QED) is 0.637. The third-order valence-corrected chi connectivity index (χ3v) is 2.71. The van der Waals surface area contributed by atoms with Crippen molar-refractivity contribution in [1.82, 2.24) is 0 Å². The highest BCUT2D eigenvalue weighted by Crippen LogP contribution is 2.30. The van der Waals surface area contributed by atoms with Gasteiger partial charge in [-0.3, -0.25) is 0 Å². The third kappa shape index (κ3) is 5.84. The van der Waals surface area contributed by atoms with E-state index in [2.05, 4.69) is 6.92 Å². The summed E-state index contributed by atoms with van der Waals surface area (Å²) in [6.45, 7) is 8.02. The Balaban J connectivity index is 0.000000671. The van der Waals surface area contributed by atoms with Crippen molar-refractivity contribution < 1.29 is 4.79 Å². The van der Waals surface area contributed by atoms with Crippen molar-refractivity contribution in [3.8, 4) is 0 Å². The lowest BCUT2D eigenvalue weighted by Gasteiger charge is -2.25. The third-order valence-electron chi connectivity index (χ3n) is 2.71. The smallest absolute Gasteiger partial charge is 0.130 e. The minimum Gasteiger partial charge on any atom is -0.300 e. The number of rotatable bonds is 2. The lowest BCUT2D eigenvalue weighted by molar-refractivity contribution is -0.118. The number of Topliss-reactive ketones (excluding diaryl/α,β-unsaturated/α-hetero) is 1. The SMILES string of the molecule is CC.CC(=O)CC1CCC(C)CC1. The maximum atomic E-state index is 10.8. The van der Waals surface area contributed by atoms with Crippen LogP contribution in [0, 0.1) is 11.8 Å². The van der Waals surface area contributed by atoms with Crippen molar-refractivity contribution in [1.29, 1.82) is 0 Å². The summed E-state index contributed by atoms with van der Waals surface area (Å²) in [4.78, 5) is 10.8. The van der Waals surface area contributed by atoms with E-state index in [1.165, 1.54) is 25.7 Å². The van der Waals surface area contributed by atoms with Crippen LogP contribution in [0.1, 0.15) is 59.8 Å². The van der Waals surface area contributed by atoms with E-state index in [-0.39, 0.29) is 0 Å². The molecule has 0 atom stereocenters. The fourth-order valence-electron chi connectivity index (χ4n) is 1.94. The highest BCUT2D eigenvalue weighted by atomic mass is 16.1. The fourth-order valence-corrected chi connectivity index (χ4v) is 1.94. The molecule has 0 heterocycles. The number of ketones is 1. The van der Waals surface area contributed by atoms with Crippen LogP contribution >= 0.6 is 0 Å². The van der Waals surface area contributed by atoms with Gasteiger partial charge in [-0.05, 0) is 31.6 Å². The molecule has 0 unspecified atom stereocenters. The molecule has 1 nitrogen and oxygen atoms in total. The molecule has 0 aromatic heterocycles. The van der Waals surface area contributed by atoms with Gasteiger partial charge in [0.1, 0.15) is 5.78 Å². The van der Waals surface area contributed by atoms with Gasteiger partial charge in [-0.15, -0.1) is 0 Å². The van der Waals surface area contributed by atoms with Crippen molar-refractivity contribution >= 4 is 5.78 Å². The Morgan fingerprint density at radius 1 is 1.15 bits per heavy atom. The lowest BCUT2D eigenvalue weighted by atomic mass is 9.81. The Morgan fingerprint density at radius 3 is 2.00 bits per heavy atom. The van der Waals surface area contributed by atoms with Crippen molar-refractivity contribution in [2.75, 3.05) is 0 Å². The number of carbonyl (C=O) groups excluding carboxylic acids is 1. The van der Waals surface area contributed by atoms with Crippen LogP contribution in [0.25, 0.3) is 0 Å². The highest BCUT2D eigenvalue weighted by molar-refractivity contribution is 5.75. The molecule has 1 rings (SSSR count). The van der Waals surface area contributed by atoms with Gasteiger partial charge in [-0.1, -0.05) is 33.6 Å². The molecule has 0 saturated heterocycles. The first-order valence-electron chi connectivity index (χ1n) is 5.68. The molecule has 0 bridgehead atoms. The highest BCUT2D eigenvalue weighted by Gasteiger charge is 2.18. The minimum atomic E-state index is 0.365. The summed E-state index contributed by atoms with van der Waals surface area (Å²) >= 11 is 0. The van der Waals surface area contributed by atoms with Crippen LogP contribution in [0.15, 0.2) is 0 Å². The van der Waals surface area contributed by atoms with E-state index in [1.807, 2.05) is 13.8 Å². The van der Waals surface area contributed by atoms with E-state index >= 15 is 0 Å². The minimum absolute atomic E-state index is 0.365. The molecule has 0 aliphatic heterocycles. The van der Waals surface area contributed by atoms with Gasteiger partial charge in [0.15, 0.2) is 0 Å². The van der Waals surface area contributed by atoms with Crippen molar-refractivity contribution in [3.05, 3.63) is 0 Å². The largest absolute Gasteiger partial charge is 0.300 e. The Labute approximate surface area is 82.9 Å². The van der Waals surface area contributed by atoms with E-state index in [1.54, 1.807) is 6.92 Å². The first-order chi connectivity index (χ1) is 6.18. The van der Waals surface area contributed by atoms with Gasteiger partial charge < -0.3 is 4.79 Å². The van der Waals surface area contributed by atoms with Crippen LogP contribution < -0.4 is 0 Å². The van der Waals surface area contributed by atoms with Crippen LogP contribution in [0.2, 0.25) is 0 Å². The van der Waals surface area contributed by atoms with Crippen molar-refractivity contribution in [2.24, 2.45) is 11.8 Å². The summed E-state index contributed by atoms with van der Waals surface area (Å²) < 4.78 is 0. The number of hydrogen-bond acceptors (Lipinski definition) is 1. The maximum absolute atomic E-state index is 10.8. The van der Waals surface area contributed by atoms with Gasteiger partial charge in [0.2, 0.25) is 0 Å². The molecule has 1 saturated carbocycles. The zero-order valence-corrected chi connectivity index (χ0v) is 9.60. The maximum Gasteiger partial charge on any atom is 0.130 e. The summed E-state index contributed by atoms with van der Waals surface area (Å²) in [7, 11) is 0. The summed E-state index contributed by atoms with van der Waals surface area (Å²) in [6, 6.07) is 0. The van der Waals surface area contributed by atoms with Crippen molar-refractivity contribution in [2.45, 2.75) is 59.8 Å². The molecule has 1 fully saturated rings. The zero-order chi connectivity index (χ0) is 10.3. The van der Waals surface area contributed by atoms with E-state index in [0.29, 0.717) is 11.7 Å². The second-order valence-electron chi connectivity index (χ2n) is 4.03. The molecule has 0 aromatic carbocycles. The molecule has 1 heteroatoms. The van der Waals surface area contributed by atoms with E-state index in [0.717, 1.165) is 12.3 Å². The molecule has 0 amide bonds. The molecule has 0 radical (unpaired) electrons. The molecule has 0 aromatic rings. The monoisotopic (exact) mass is 184 g/mol. The topological polar surface area (TPSA) is 17.1 Å². The average Bonchev–Trinajstić information content (AvgIpc) is 2.12. The molecular weight excluding hydrogens is 160 g/mol. The van der Waals surface area contributed by atoms with Gasteiger partial charge in [0.25, 0.3) is 0 Å². The Hall–Kier alpha value is -0.330. The second kappa shape index (κ2) is 7.11. The van der Waals surface area contributed by atoms with Gasteiger partial charge in [-0.25, -0.2) is 0 Å². The summed E-state index contributed by atoms with van der Waals surface area (Å²) in [6.07, 6.45) is 6.05. The second-order valence-corrected chi connectivity index (χ2v) is 4.03. The molecule has 0 N–H and O–H groups in total. The van der Waals surface area contributed by atoms with Crippen LogP contribution in [0.3, 0.4) is 0 Å². The fraction of sp³-hybridized carbons (Fsp3) is 0.917. The van der Waals surface area contributed by atoms with Crippen LogP contribution in [-0.4, -0.2) is 5.78 Å². The molecule has 1 aliphatic rings. The predicted molar refractivity (Wildman–Crippen MR) is 57.8 cm³/mol. The molecule has 13 heavy (non-hydrogen) atoms. The van der Waals surface area contributed by atoms with E-state index in [4.69, 9.17) is 0 Å². The Bertz CT molecular complexity index is 132. The number of carbonyl (C=O) groups is 1. The van der Waals surface area contributed by atoms with Crippen LogP contribution in [0.5, 0.6) is 0 Å². The molecular formula is C12H24O. The van der Waals surface area contributed by atoms with E-state index < -0.39 is 0 Å². The van der Waals surface area contributed by atoms with Crippen molar-refractivity contribution in [3.63, 3.8) is 0 Å². The summed E-state index contributed by atoms with van der Waals surface area (Å²) in [5.74, 6) is 1.98. The number of hydrogen-bond donors (Lipinski definition) is 0. The molecule has 78 valence electrons. The van der Waals surface area contributed by atoms with Gasteiger partial charge in [0, 0.05) is 6.42 Å². The first-order valence-corrected chi connectivity index (χ1v) is 5.68. The normalized spacial score (nSPS) is 27.4. The summed E-state index contributed by atoms with van der Waals surface area (Å²) in [5, 5.41) is 0. The van der Waals surface area contributed by atoms with Crippen LogP contribution in [0.4, 0.5) is 0 Å². The van der Waals surface area contributed by atoms with E-state index in [9.17, 15) is 4.79 Å². The van der Waals surface area contributed by atoms with Crippen LogP contribution in [-0.2, 0) is 4.79 Å². The molecule has 0 spiro atoms. The predicted octanol–water partition coefficient (Wildman–Crippen LogP) is 3.82. The van der Waals surface area contributed by atoms with Gasteiger partial charge in [0.05, 0.1) is 0 Å². The molecule has 1 aliphatic carbocycles. The summed E-state index contributed by atoms with van der Waals surface area (Å²) in [5.41, 5.74) is 0. The standard InChI is InChI=1S/C10H18O.C2H6/c1-8-3-5-10(6-4-8)7-9(2)11;1-2/h8,10H,3-7H2,1-2H3;1-2H3. The first kappa shape index (κ1) is 12.7. The Kier molecular flexibility index (Phi) is 6.93. The van der Waals surface area contributed by atoms with Gasteiger partial charge >= 0.3 is 0 Å². The lowest BCUT2D eigenvalue weighted by Crippen LogP contribution is -2.14. The van der Waals surface area contributed by atoms with Gasteiger partial charge in [-0.2, -0.15) is 0 Å².